The molecule has 1 atom stereocenters. The summed E-state index contributed by atoms with van der Waals surface area (Å²) in [6.07, 6.45) is 0. The molecule has 5 N–H and O–H groups in total. The average molecular weight is 252 g/mol. The van der Waals surface area contributed by atoms with Crippen molar-refractivity contribution in [3.63, 3.8) is 0 Å². The molecule has 0 saturated heterocycles. The molecule has 0 aliphatic carbocycles. The maximum Gasteiger partial charge on any atom is 0.240 e. The highest BCUT2D eigenvalue weighted by Gasteiger charge is 2.19. The molecule has 1 rings (SSSR count). The van der Waals surface area contributed by atoms with Crippen LogP contribution in [0, 0.1) is 5.92 Å². The van der Waals surface area contributed by atoms with Crippen LogP contribution in [0.4, 0.5) is 11.5 Å². The molecule has 1 amide bonds. The number of nitrogens with zero attached hydrogens (tertiary/aromatic N) is 1. The van der Waals surface area contributed by atoms with Crippen LogP contribution in [-0.2, 0) is 4.79 Å². The zero-order valence-electron chi connectivity index (χ0n) is 10.9. The standard InChI is InChI=1S/C12H20N4O2/c1-4-18-12-8(13)5-6-9(16-12)15-10(7(2)3)11(14)17/h5-7,10H,4,13H2,1-3H3,(H2,14,17)(H,15,16). The highest BCUT2D eigenvalue weighted by atomic mass is 16.5. The Labute approximate surface area is 107 Å². The number of carbonyl (C=O) groups excluding carboxylic acids is 1. The van der Waals surface area contributed by atoms with E-state index in [2.05, 4.69) is 10.3 Å². The van der Waals surface area contributed by atoms with Crippen LogP contribution in [0.2, 0.25) is 0 Å². The monoisotopic (exact) mass is 252 g/mol. The van der Waals surface area contributed by atoms with Crippen molar-refractivity contribution in [2.24, 2.45) is 11.7 Å². The Bertz CT molecular complexity index is 421. The van der Waals surface area contributed by atoms with E-state index in [4.69, 9.17) is 16.2 Å². The zero-order valence-corrected chi connectivity index (χ0v) is 10.9. The quantitative estimate of drug-likeness (QED) is 0.700. The van der Waals surface area contributed by atoms with Crippen LogP contribution < -0.4 is 21.5 Å². The zero-order chi connectivity index (χ0) is 13.7. The molecule has 6 heteroatoms. The van der Waals surface area contributed by atoms with E-state index in [1.165, 1.54) is 0 Å². The molecule has 100 valence electrons. The second kappa shape index (κ2) is 6.09. The fraction of sp³-hybridized carbons (Fsp3) is 0.500. The average Bonchev–Trinajstić information content (AvgIpc) is 2.29. The Kier molecular flexibility index (Phi) is 4.76. The molecule has 0 spiro atoms. The molecule has 1 aromatic rings. The molecule has 0 aliphatic heterocycles. The van der Waals surface area contributed by atoms with Gasteiger partial charge in [-0.1, -0.05) is 13.8 Å². The van der Waals surface area contributed by atoms with Crippen LogP contribution in [0.1, 0.15) is 20.8 Å². The minimum Gasteiger partial charge on any atom is -0.476 e. The van der Waals surface area contributed by atoms with E-state index in [1.807, 2.05) is 20.8 Å². The Morgan fingerprint density at radius 1 is 1.50 bits per heavy atom. The highest BCUT2D eigenvalue weighted by Crippen LogP contribution is 2.21. The van der Waals surface area contributed by atoms with Gasteiger partial charge in [0.15, 0.2) is 0 Å². The van der Waals surface area contributed by atoms with Crippen molar-refractivity contribution < 1.29 is 9.53 Å². The number of pyridine rings is 1. The Morgan fingerprint density at radius 2 is 2.17 bits per heavy atom. The van der Waals surface area contributed by atoms with E-state index in [0.717, 1.165) is 0 Å². The molecule has 0 bridgehead atoms. The maximum absolute atomic E-state index is 11.3. The Balaban J connectivity index is 2.89. The van der Waals surface area contributed by atoms with Crippen molar-refractivity contribution in [1.29, 1.82) is 0 Å². The van der Waals surface area contributed by atoms with Gasteiger partial charge in [0.1, 0.15) is 11.9 Å². The molecule has 6 nitrogen and oxygen atoms in total. The predicted molar refractivity (Wildman–Crippen MR) is 71.3 cm³/mol. The number of primary amides is 1. The summed E-state index contributed by atoms with van der Waals surface area (Å²) in [5.41, 5.74) is 11.5. The highest BCUT2D eigenvalue weighted by molar-refractivity contribution is 5.83. The number of ether oxygens (including phenoxy) is 1. The van der Waals surface area contributed by atoms with E-state index >= 15 is 0 Å². The summed E-state index contributed by atoms with van der Waals surface area (Å²) in [6, 6.07) is 2.89. The normalized spacial score (nSPS) is 12.2. The predicted octanol–water partition coefficient (Wildman–Crippen LogP) is 0.984. The number of rotatable bonds is 6. The summed E-state index contributed by atoms with van der Waals surface area (Å²) in [4.78, 5) is 15.5. The number of hydrogen-bond donors (Lipinski definition) is 3. The number of carbonyl (C=O) groups is 1. The van der Waals surface area contributed by atoms with E-state index in [1.54, 1.807) is 12.1 Å². The van der Waals surface area contributed by atoms with Crippen LogP contribution in [0.5, 0.6) is 5.88 Å². The lowest BCUT2D eigenvalue weighted by Gasteiger charge is -2.20. The fourth-order valence-corrected chi connectivity index (χ4v) is 1.51. The number of anilines is 2. The summed E-state index contributed by atoms with van der Waals surface area (Å²) >= 11 is 0. The number of nitrogens with one attached hydrogen (secondary N) is 1. The van der Waals surface area contributed by atoms with Crippen molar-refractivity contribution in [2.45, 2.75) is 26.8 Å². The molecule has 1 aromatic heterocycles. The third kappa shape index (κ3) is 3.51. The maximum atomic E-state index is 11.3. The molecular weight excluding hydrogens is 232 g/mol. The van der Waals surface area contributed by atoms with Gasteiger partial charge >= 0.3 is 0 Å². The first-order chi connectivity index (χ1) is 8.45. The van der Waals surface area contributed by atoms with Gasteiger partial charge in [-0.3, -0.25) is 4.79 Å². The lowest BCUT2D eigenvalue weighted by Crippen LogP contribution is -2.39. The molecule has 0 aliphatic rings. The van der Waals surface area contributed by atoms with Crippen LogP contribution in [0.25, 0.3) is 0 Å². The van der Waals surface area contributed by atoms with E-state index in [-0.39, 0.29) is 5.92 Å². The second-order valence-electron chi connectivity index (χ2n) is 4.29. The molecule has 0 radical (unpaired) electrons. The number of hydrogen-bond acceptors (Lipinski definition) is 5. The second-order valence-corrected chi connectivity index (χ2v) is 4.29. The smallest absolute Gasteiger partial charge is 0.240 e. The number of aromatic nitrogens is 1. The molecular formula is C12H20N4O2. The van der Waals surface area contributed by atoms with Gasteiger partial charge in [0.2, 0.25) is 11.8 Å². The minimum absolute atomic E-state index is 0.0670. The van der Waals surface area contributed by atoms with Gasteiger partial charge in [0, 0.05) is 0 Å². The van der Waals surface area contributed by atoms with E-state index in [9.17, 15) is 4.79 Å². The lowest BCUT2D eigenvalue weighted by atomic mass is 10.0. The van der Waals surface area contributed by atoms with Gasteiger partial charge in [-0.2, -0.15) is 4.98 Å². The van der Waals surface area contributed by atoms with Crippen molar-refractivity contribution in [3.05, 3.63) is 12.1 Å². The molecule has 18 heavy (non-hydrogen) atoms. The van der Waals surface area contributed by atoms with Crippen molar-refractivity contribution in [2.75, 3.05) is 17.7 Å². The SMILES string of the molecule is CCOc1nc(NC(C(N)=O)C(C)C)ccc1N. The molecule has 0 saturated carbocycles. The molecule has 0 aromatic carbocycles. The largest absolute Gasteiger partial charge is 0.476 e. The first-order valence-electron chi connectivity index (χ1n) is 5.90. The van der Waals surface area contributed by atoms with Crippen LogP contribution >= 0.6 is 0 Å². The van der Waals surface area contributed by atoms with Gasteiger partial charge in [-0.25, -0.2) is 0 Å². The summed E-state index contributed by atoms with van der Waals surface area (Å²) in [6.45, 7) is 6.14. The van der Waals surface area contributed by atoms with E-state index < -0.39 is 11.9 Å². The Hall–Kier alpha value is -1.98. The first-order valence-corrected chi connectivity index (χ1v) is 5.90. The number of nitrogen functional groups attached to an aromatic ring is 1. The van der Waals surface area contributed by atoms with Gasteiger partial charge < -0.3 is 21.5 Å². The number of amides is 1. The fourth-order valence-electron chi connectivity index (χ4n) is 1.51. The first kappa shape index (κ1) is 14.1. The summed E-state index contributed by atoms with van der Waals surface area (Å²) in [5.74, 6) is 0.526. The van der Waals surface area contributed by atoms with E-state index in [0.29, 0.717) is 24.0 Å². The topological polar surface area (TPSA) is 103 Å². The van der Waals surface area contributed by atoms with Gasteiger partial charge in [-0.05, 0) is 25.0 Å². The van der Waals surface area contributed by atoms with Crippen LogP contribution in [0.15, 0.2) is 12.1 Å². The minimum atomic E-state index is -0.476. The summed E-state index contributed by atoms with van der Waals surface area (Å²) in [7, 11) is 0. The molecule has 1 unspecified atom stereocenters. The Morgan fingerprint density at radius 3 is 2.67 bits per heavy atom. The third-order valence-corrected chi connectivity index (χ3v) is 2.45. The lowest BCUT2D eigenvalue weighted by molar-refractivity contribution is -0.119. The third-order valence-electron chi connectivity index (χ3n) is 2.45. The van der Waals surface area contributed by atoms with Crippen LogP contribution in [-0.4, -0.2) is 23.5 Å². The summed E-state index contributed by atoms with van der Waals surface area (Å²) in [5, 5.41) is 2.98. The molecule has 0 fully saturated rings. The van der Waals surface area contributed by atoms with Gasteiger partial charge in [0.05, 0.1) is 12.3 Å². The van der Waals surface area contributed by atoms with Gasteiger partial charge in [-0.15, -0.1) is 0 Å². The number of nitrogens with two attached hydrogens (primary N) is 2. The summed E-state index contributed by atoms with van der Waals surface area (Å²) < 4.78 is 5.29. The van der Waals surface area contributed by atoms with Crippen molar-refractivity contribution in [1.82, 2.24) is 4.98 Å². The molecule has 1 heterocycles. The van der Waals surface area contributed by atoms with Crippen molar-refractivity contribution >= 4 is 17.4 Å². The van der Waals surface area contributed by atoms with Gasteiger partial charge in [0.25, 0.3) is 0 Å². The van der Waals surface area contributed by atoms with Crippen LogP contribution in [0.3, 0.4) is 0 Å². The van der Waals surface area contributed by atoms with Crippen molar-refractivity contribution in [3.8, 4) is 5.88 Å².